The van der Waals surface area contributed by atoms with E-state index in [2.05, 4.69) is 13.8 Å². The van der Waals surface area contributed by atoms with Gasteiger partial charge in [-0.2, -0.15) is 0 Å². The van der Waals surface area contributed by atoms with Gasteiger partial charge in [0.05, 0.1) is 5.60 Å². The predicted molar refractivity (Wildman–Crippen MR) is 152 cm³/mol. The lowest BCUT2D eigenvalue weighted by Crippen LogP contribution is -2.50. The van der Waals surface area contributed by atoms with Crippen LogP contribution in [-0.4, -0.2) is 32.5 Å². The van der Waals surface area contributed by atoms with E-state index < -0.39 is 34.3 Å². The molecule has 2 aliphatic rings. The number of carbonyl (C=O) groups excluding carboxylic acids is 2. The maximum absolute atomic E-state index is 14.5. The van der Waals surface area contributed by atoms with E-state index in [1.807, 2.05) is 45.9 Å². The Labute approximate surface area is 227 Å². The zero-order chi connectivity index (χ0) is 28.4. The molecule has 0 amide bonds. The molecule has 2 aliphatic carbocycles. The molecule has 2 atom stereocenters. The fourth-order valence-electron chi connectivity index (χ4n) is 5.31. The van der Waals surface area contributed by atoms with Crippen molar-refractivity contribution in [3.8, 4) is 0 Å². The van der Waals surface area contributed by atoms with Crippen LogP contribution in [0.15, 0.2) is 82.2 Å². The zero-order valence-corrected chi connectivity index (χ0v) is 23.8. The Bertz CT molecular complexity index is 1220. The van der Waals surface area contributed by atoms with Gasteiger partial charge >= 0.3 is 0 Å². The molecule has 1 aromatic rings. The molecule has 38 heavy (non-hydrogen) atoms. The molecule has 0 saturated carbocycles. The van der Waals surface area contributed by atoms with Crippen LogP contribution in [0.3, 0.4) is 0 Å². The lowest BCUT2D eigenvalue weighted by Gasteiger charge is -2.43. The maximum Gasteiger partial charge on any atom is 0.184 e. The molecule has 0 fully saturated rings. The third-order valence-electron chi connectivity index (χ3n) is 7.86. The summed E-state index contributed by atoms with van der Waals surface area (Å²) in [6.45, 7) is 13.4. The van der Waals surface area contributed by atoms with Gasteiger partial charge in [0.15, 0.2) is 11.6 Å². The van der Waals surface area contributed by atoms with Gasteiger partial charge in [0.1, 0.15) is 22.5 Å². The number of rotatable bonds is 7. The molecule has 0 aromatic heterocycles. The number of ketones is 2. The van der Waals surface area contributed by atoms with Crippen molar-refractivity contribution in [1.29, 1.82) is 0 Å². The minimum atomic E-state index is -1.56. The first-order chi connectivity index (χ1) is 17.7. The van der Waals surface area contributed by atoms with Crippen LogP contribution in [0.1, 0.15) is 79.7 Å². The Balaban J connectivity index is 2.44. The second-order valence-electron chi connectivity index (χ2n) is 11.8. The van der Waals surface area contributed by atoms with Gasteiger partial charge < -0.3 is 15.3 Å². The first-order valence-electron chi connectivity index (χ1n) is 13.4. The summed E-state index contributed by atoms with van der Waals surface area (Å²) < 4.78 is 0. The van der Waals surface area contributed by atoms with Crippen LogP contribution < -0.4 is 0 Å². The highest BCUT2D eigenvalue weighted by Gasteiger charge is 2.56. The van der Waals surface area contributed by atoms with E-state index in [-0.39, 0.29) is 35.7 Å². The van der Waals surface area contributed by atoms with Gasteiger partial charge in [-0.3, -0.25) is 9.59 Å². The van der Waals surface area contributed by atoms with Crippen molar-refractivity contribution in [1.82, 2.24) is 0 Å². The maximum atomic E-state index is 14.5. The van der Waals surface area contributed by atoms with E-state index in [1.165, 1.54) is 0 Å². The summed E-state index contributed by atoms with van der Waals surface area (Å²) in [6.07, 6.45) is 6.94. The number of aliphatic hydroxyl groups excluding tert-OH is 2. The summed E-state index contributed by atoms with van der Waals surface area (Å²) in [4.78, 5) is 28.8. The summed E-state index contributed by atoms with van der Waals surface area (Å²) in [5, 5.41) is 34.5. The van der Waals surface area contributed by atoms with Crippen LogP contribution in [0, 0.1) is 17.3 Å². The Kier molecular flexibility index (Phi) is 8.72. The summed E-state index contributed by atoms with van der Waals surface area (Å²) in [5.74, 6) is -2.65. The number of hydrogen-bond donors (Lipinski definition) is 3. The normalized spacial score (nSPS) is 24.8. The van der Waals surface area contributed by atoms with Gasteiger partial charge in [-0.1, -0.05) is 79.1 Å². The van der Waals surface area contributed by atoms with Crippen LogP contribution in [-0.2, 0) is 9.59 Å². The van der Waals surface area contributed by atoms with Gasteiger partial charge in [-0.15, -0.1) is 0 Å². The Morgan fingerprint density at radius 1 is 1.00 bits per heavy atom. The van der Waals surface area contributed by atoms with Crippen LogP contribution in [0.5, 0.6) is 0 Å². The highest BCUT2D eigenvalue weighted by molar-refractivity contribution is 6.27. The number of benzene rings is 1. The largest absolute Gasteiger partial charge is 0.507 e. The van der Waals surface area contributed by atoms with Gasteiger partial charge in [0.2, 0.25) is 0 Å². The molecular weight excluding hydrogens is 476 g/mol. The minimum Gasteiger partial charge on any atom is -0.507 e. The van der Waals surface area contributed by atoms with Crippen molar-refractivity contribution in [3.63, 3.8) is 0 Å². The molecule has 0 unspecified atom stereocenters. The van der Waals surface area contributed by atoms with Gasteiger partial charge in [0, 0.05) is 17.1 Å². The number of Topliss-reactive ketones (excluding diaryl/α,β-unsaturated/α-hetero) is 2. The molecule has 5 nitrogen and oxygen atoms in total. The van der Waals surface area contributed by atoms with Crippen molar-refractivity contribution in [3.05, 3.63) is 87.7 Å². The van der Waals surface area contributed by atoms with Crippen molar-refractivity contribution < 1.29 is 24.9 Å². The minimum absolute atomic E-state index is 0.00533. The van der Waals surface area contributed by atoms with Gasteiger partial charge in [0.25, 0.3) is 0 Å². The van der Waals surface area contributed by atoms with E-state index in [9.17, 15) is 24.9 Å². The second-order valence-corrected chi connectivity index (χ2v) is 11.8. The molecule has 0 radical (unpaired) electrons. The van der Waals surface area contributed by atoms with Crippen LogP contribution >= 0.6 is 0 Å². The van der Waals surface area contributed by atoms with Gasteiger partial charge in [-0.05, 0) is 66.2 Å². The molecule has 0 spiro atoms. The fraction of sp³-hybridized carbons (Fsp3) is 0.455. The van der Waals surface area contributed by atoms with Crippen molar-refractivity contribution in [2.45, 2.75) is 79.8 Å². The molecule has 3 rings (SSSR count). The lowest BCUT2D eigenvalue weighted by molar-refractivity contribution is -0.138. The van der Waals surface area contributed by atoms with E-state index in [0.29, 0.717) is 18.4 Å². The number of carbonyl (C=O) groups is 2. The summed E-state index contributed by atoms with van der Waals surface area (Å²) in [7, 11) is 0. The first-order valence-corrected chi connectivity index (χ1v) is 13.4. The van der Waals surface area contributed by atoms with E-state index in [4.69, 9.17) is 0 Å². The standard InChI is InChI=1S/C33H42O5/c1-20(2)13-17-33(18-14-21(3)4)30(36)26(25-19-24(22(5)6)15-16-32(25,7)38)29(35)27(31(33)37)28(34)23-11-9-8-10-12-23/h8-14,19,22,25,34-35,38H,15-18H2,1-7H3/b28-27+/t25-,32-/m1/s1. The second kappa shape index (κ2) is 11.3. The van der Waals surface area contributed by atoms with E-state index in [0.717, 1.165) is 16.7 Å². The summed E-state index contributed by atoms with van der Waals surface area (Å²) in [5.41, 5.74) is 0.202. The third kappa shape index (κ3) is 5.63. The number of allylic oxidation sites excluding steroid dienone is 6. The highest BCUT2D eigenvalue weighted by Crippen LogP contribution is 2.50. The molecule has 0 aliphatic heterocycles. The predicted octanol–water partition coefficient (Wildman–Crippen LogP) is 7.36. The molecule has 3 N–H and O–H groups in total. The third-order valence-corrected chi connectivity index (χ3v) is 7.86. The quantitative estimate of drug-likeness (QED) is 0.152. The Morgan fingerprint density at radius 2 is 1.55 bits per heavy atom. The van der Waals surface area contributed by atoms with Crippen molar-refractivity contribution in [2.24, 2.45) is 17.3 Å². The highest BCUT2D eigenvalue weighted by atomic mass is 16.3. The molecule has 1 aromatic carbocycles. The summed E-state index contributed by atoms with van der Waals surface area (Å²) >= 11 is 0. The zero-order valence-electron chi connectivity index (χ0n) is 23.8. The lowest BCUT2D eigenvalue weighted by atomic mass is 9.60. The Hall–Kier alpha value is -3.18. The molecular formula is C33H42O5. The fourth-order valence-corrected chi connectivity index (χ4v) is 5.31. The number of aliphatic hydroxyl groups is 3. The molecule has 0 heterocycles. The first kappa shape index (κ1) is 29.4. The van der Waals surface area contributed by atoms with Gasteiger partial charge in [-0.25, -0.2) is 0 Å². The SMILES string of the molecule is CC(C)=CCC1(CC=C(C)C)C(=O)C([C@H]2C=C(C(C)C)CC[C@@]2(C)O)=C(O)/C(=C(\O)c2ccccc2)C1=O. The Morgan fingerprint density at radius 3 is 2.05 bits per heavy atom. The molecule has 0 bridgehead atoms. The van der Waals surface area contributed by atoms with Crippen LogP contribution in [0.4, 0.5) is 0 Å². The van der Waals surface area contributed by atoms with E-state index >= 15 is 0 Å². The monoisotopic (exact) mass is 518 g/mol. The number of hydrogen-bond acceptors (Lipinski definition) is 5. The molecule has 0 saturated heterocycles. The molecule has 5 heteroatoms. The van der Waals surface area contributed by atoms with Crippen molar-refractivity contribution >= 4 is 17.3 Å². The smallest absolute Gasteiger partial charge is 0.184 e. The van der Waals surface area contributed by atoms with Crippen LogP contribution in [0.2, 0.25) is 0 Å². The average Bonchev–Trinajstić information content (AvgIpc) is 2.84. The van der Waals surface area contributed by atoms with Crippen LogP contribution in [0.25, 0.3) is 5.76 Å². The summed E-state index contributed by atoms with van der Waals surface area (Å²) in [6, 6.07) is 8.56. The van der Waals surface area contributed by atoms with E-state index in [1.54, 1.807) is 37.3 Å². The average molecular weight is 519 g/mol. The topological polar surface area (TPSA) is 94.8 Å². The van der Waals surface area contributed by atoms with Crippen molar-refractivity contribution in [2.75, 3.05) is 0 Å². The molecule has 204 valence electrons.